The predicted octanol–water partition coefficient (Wildman–Crippen LogP) is 1.43. The maximum atomic E-state index is 5.65. The van der Waals surface area contributed by atoms with Gasteiger partial charge in [-0.15, -0.1) is 0 Å². The average Bonchev–Trinajstić information content (AvgIpc) is 2.09. The lowest BCUT2D eigenvalue weighted by Gasteiger charge is -2.25. The lowest BCUT2D eigenvalue weighted by molar-refractivity contribution is -0.0428. The summed E-state index contributed by atoms with van der Waals surface area (Å²) in [5.74, 6) is 0. The van der Waals surface area contributed by atoms with Crippen molar-refractivity contribution in [2.24, 2.45) is 0 Å². The molecule has 13 heavy (non-hydrogen) atoms. The molecule has 0 atom stereocenters. The summed E-state index contributed by atoms with van der Waals surface area (Å²) in [5.41, 5.74) is -0.0902. The molecule has 0 saturated carbocycles. The molecule has 0 aliphatic carbocycles. The second-order valence-corrected chi connectivity index (χ2v) is 3.59. The first-order valence-electron chi connectivity index (χ1n) is 5.05. The van der Waals surface area contributed by atoms with Crippen LogP contribution in [0, 0.1) is 0 Å². The second kappa shape index (κ2) is 7.30. The summed E-state index contributed by atoms with van der Waals surface area (Å²) in [6.45, 7) is 12.2. The fourth-order valence-corrected chi connectivity index (χ4v) is 0.998. The highest BCUT2D eigenvalue weighted by molar-refractivity contribution is 4.71. The Morgan fingerprint density at radius 2 is 1.85 bits per heavy atom. The van der Waals surface area contributed by atoms with E-state index in [0.717, 1.165) is 19.7 Å². The fourth-order valence-electron chi connectivity index (χ4n) is 0.998. The van der Waals surface area contributed by atoms with Crippen LogP contribution in [0.5, 0.6) is 0 Å². The van der Waals surface area contributed by atoms with E-state index in [1.54, 1.807) is 0 Å². The van der Waals surface area contributed by atoms with Gasteiger partial charge in [0.1, 0.15) is 0 Å². The van der Waals surface area contributed by atoms with Gasteiger partial charge in [0.05, 0.1) is 18.8 Å². The van der Waals surface area contributed by atoms with E-state index >= 15 is 0 Å². The smallest absolute Gasteiger partial charge is 0.0751 e. The van der Waals surface area contributed by atoms with Gasteiger partial charge in [0.25, 0.3) is 0 Å². The van der Waals surface area contributed by atoms with Gasteiger partial charge < -0.3 is 14.8 Å². The number of hydrogen-bond acceptors (Lipinski definition) is 3. The third kappa shape index (κ3) is 8.22. The zero-order chi connectivity index (χ0) is 10.2. The quantitative estimate of drug-likeness (QED) is 0.586. The van der Waals surface area contributed by atoms with Crippen LogP contribution in [0.2, 0.25) is 0 Å². The van der Waals surface area contributed by atoms with Crippen molar-refractivity contribution >= 4 is 0 Å². The summed E-state index contributed by atoms with van der Waals surface area (Å²) in [4.78, 5) is 0. The largest absolute Gasteiger partial charge is 0.379 e. The molecule has 0 aliphatic rings. The molecule has 0 rings (SSSR count). The Morgan fingerprint density at radius 3 is 2.38 bits per heavy atom. The van der Waals surface area contributed by atoms with Crippen LogP contribution in [0.1, 0.15) is 27.7 Å². The molecule has 0 unspecified atom stereocenters. The second-order valence-electron chi connectivity index (χ2n) is 3.59. The number of hydrogen-bond donors (Lipinski definition) is 1. The maximum absolute atomic E-state index is 5.65. The molecule has 3 nitrogen and oxygen atoms in total. The van der Waals surface area contributed by atoms with Crippen LogP contribution in [0.4, 0.5) is 0 Å². The van der Waals surface area contributed by atoms with Crippen molar-refractivity contribution in [2.45, 2.75) is 33.3 Å². The van der Waals surface area contributed by atoms with Gasteiger partial charge in [-0.2, -0.15) is 0 Å². The van der Waals surface area contributed by atoms with Crippen molar-refractivity contribution in [3.63, 3.8) is 0 Å². The molecule has 0 aromatic rings. The van der Waals surface area contributed by atoms with Crippen molar-refractivity contribution in [1.29, 1.82) is 0 Å². The van der Waals surface area contributed by atoms with Crippen LogP contribution in [0.15, 0.2) is 0 Å². The van der Waals surface area contributed by atoms with E-state index in [9.17, 15) is 0 Å². The fraction of sp³-hybridized carbons (Fsp3) is 1.00. The first-order valence-corrected chi connectivity index (χ1v) is 5.05. The van der Waals surface area contributed by atoms with Gasteiger partial charge in [-0.1, -0.05) is 6.92 Å². The Labute approximate surface area is 81.8 Å². The molecule has 0 heterocycles. The minimum absolute atomic E-state index is 0.0902. The van der Waals surface area contributed by atoms with Gasteiger partial charge in [0.2, 0.25) is 0 Å². The van der Waals surface area contributed by atoms with Crippen LogP contribution in [0.25, 0.3) is 0 Å². The summed E-state index contributed by atoms with van der Waals surface area (Å²) in [7, 11) is 0. The Kier molecular flexibility index (Phi) is 7.23. The predicted molar refractivity (Wildman–Crippen MR) is 55.1 cm³/mol. The molecular formula is C10H23NO2. The number of nitrogens with one attached hydrogen (secondary N) is 1. The molecule has 0 aromatic carbocycles. The molecule has 0 fully saturated rings. The van der Waals surface area contributed by atoms with E-state index in [1.165, 1.54) is 0 Å². The summed E-state index contributed by atoms with van der Waals surface area (Å²) < 4.78 is 10.8. The number of rotatable bonds is 8. The van der Waals surface area contributed by atoms with Crippen molar-refractivity contribution < 1.29 is 9.47 Å². The first kappa shape index (κ1) is 12.9. The zero-order valence-corrected chi connectivity index (χ0v) is 9.35. The van der Waals surface area contributed by atoms with Crippen LogP contribution in [0.3, 0.4) is 0 Å². The number of ether oxygens (including phenoxy) is 2. The number of likely N-dealkylation sites (N-methyl/N-ethyl adjacent to an activating group) is 1. The van der Waals surface area contributed by atoms with E-state index < -0.39 is 0 Å². The highest BCUT2D eigenvalue weighted by Crippen LogP contribution is 2.06. The van der Waals surface area contributed by atoms with E-state index in [4.69, 9.17) is 9.47 Å². The van der Waals surface area contributed by atoms with Crippen molar-refractivity contribution in [1.82, 2.24) is 5.32 Å². The third-order valence-corrected chi connectivity index (χ3v) is 1.73. The Bertz CT molecular complexity index is 115. The lowest BCUT2D eigenvalue weighted by Crippen LogP contribution is -2.38. The monoisotopic (exact) mass is 189 g/mol. The molecule has 0 aromatic heterocycles. The maximum Gasteiger partial charge on any atom is 0.0751 e. The standard InChI is InChI=1S/C10H23NO2/c1-5-11-9-10(3,4)13-8-7-12-6-2/h11H,5-9H2,1-4H3. The summed E-state index contributed by atoms with van der Waals surface area (Å²) in [5, 5.41) is 3.26. The summed E-state index contributed by atoms with van der Waals surface area (Å²) in [6.07, 6.45) is 0. The minimum Gasteiger partial charge on any atom is -0.379 e. The molecule has 3 heteroatoms. The summed E-state index contributed by atoms with van der Waals surface area (Å²) in [6, 6.07) is 0. The Hall–Kier alpha value is -0.120. The van der Waals surface area contributed by atoms with Crippen molar-refractivity contribution in [3.05, 3.63) is 0 Å². The van der Waals surface area contributed by atoms with Gasteiger partial charge >= 0.3 is 0 Å². The molecule has 0 aliphatic heterocycles. The van der Waals surface area contributed by atoms with Crippen molar-refractivity contribution in [2.75, 3.05) is 32.9 Å². The van der Waals surface area contributed by atoms with Gasteiger partial charge in [-0.3, -0.25) is 0 Å². The molecule has 0 saturated heterocycles. The van der Waals surface area contributed by atoms with Crippen LogP contribution >= 0.6 is 0 Å². The van der Waals surface area contributed by atoms with Crippen LogP contribution in [-0.2, 0) is 9.47 Å². The first-order chi connectivity index (χ1) is 6.12. The average molecular weight is 189 g/mol. The normalized spacial score (nSPS) is 12.0. The zero-order valence-electron chi connectivity index (χ0n) is 9.35. The van der Waals surface area contributed by atoms with Gasteiger partial charge in [0.15, 0.2) is 0 Å². The van der Waals surface area contributed by atoms with Gasteiger partial charge in [-0.25, -0.2) is 0 Å². The van der Waals surface area contributed by atoms with E-state index in [-0.39, 0.29) is 5.60 Å². The van der Waals surface area contributed by atoms with E-state index in [2.05, 4.69) is 26.1 Å². The SMILES string of the molecule is CCNCC(C)(C)OCCOCC. The highest BCUT2D eigenvalue weighted by Gasteiger charge is 2.16. The van der Waals surface area contributed by atoms with Crippen LogP contribution < -0.4 is 5.32 Å². The molecule has 0 amide bonds. The Morgan fingerprint density at radius 1 is 1.15 bits per heavy atom. The van der Waals surface area contributed by atoms with Gasteiger partial charge in [0, 0.05) is 13.2 Å². The van der Waals surface area contributed by atoms with E-state index in [0.29, 0.717) is 13.2 Å². The lowest BCUT2D eigenvalue weighted by atomic mass is 10.1. The Balaban J connectivity index is 3.39. The molecule has 1 N–H and O–H groups in total. The summed E-state index contributed by atoms with van der Waals surface area (Å²) >= 11 is 0. The molecular weight excluding hydrogens is 166 g/mol. The van der Waals surface area contributed by atoms with Gasteiger partial charge in [-0.05, 0) is 27.3 Å². The van der Waals surface area contributed by atoms with Crippen molar-refractivity contribution in [3.8, 4) is 0 Å². The third-order valence-electron chi connectivity index (χ3n) is 1.73. The molecule has 0 bridgehead atoms. The topological polar surface area (TPSA) is 30.5 Å². The van der Waals surface area contributed by atoms with E-state index in [1.807, 2.05) is 6.92 Å². The van der Waals surface area contributed by atoms with Crippen LogP contribution in [-0.4, -0.2) is 38.5 Å². The highest BCUT2D eigenvalue weighted by atomic mass is 16.5. The molecule has 80 valence electrons. The molecule has 0 spiro atoms. The minimum atomic E-state index is -0.0902. The molecule has 0 radical (unpaired) electrons.